The summed E-state index contributed by atoms with van der Waals surface area (Å²) >= 11 is 0. The van der Waals surface area contributed by atoms with Gasteiger partial charge in [-0.25, -0.2) is 9.50 Å². The fraction of sp³-hybridized carbons (Fsp3) is 0.333. The van der Waals surface area contributed by atoms with Crippen LogP contribution in [0.25, 0.3) is 5.52 Å². The van der Waals surface area contributed by atoms with Crippen LogP contribution in [-0.2, 0) is 0 Å². The first-order valence-electron chi connectivity index (χ1n) is 3.98. The van der Waals surface area contributed by atoms with Crippen LogP contribution in [0.3, 0.4) is 0 Å². The number of nitrogens with zero attached hydrogens (tertiary/aromatic N) is 3. The first-order chi connectivity index (χ1) is 5.68. The van der Waals surface area contributed by atoms with Crippen LogP contribution in [0.2, 0.25) is 0 Å². The van der Waals surface area contributed by atoms with Gasteiger partial charge in [0.2, 0.25) is 0 Å². The molecule has 0 saturated heterocycles. The molecule has 3 heteroatoms. The summed E-state index contributed by atoms with van der Waals surface area (Å²) in [5.74, 6) is 0.819. The van der Waals surface area contributed by atoms with Gasteiger partial charge in [0.1, 0.15) is 5.82 Å². The van der Waals surface area contributed by atoms with Gasteiger partial charge >= 0.3 is 0 Å². The van der Waals surface area contributed by atoms with Crippen LogP contribution in [0, 0.1) is 20.8 Å². The van der Waals surface area contributed by atoms with Crippen molar-refractivity contribution in [2.24, 2.45) is 0 Å². The highest BCUT2D eigenvalue weighted by Crippen LogP contribution is 2.10. The Hall–Kier alpha value is -1.38. The highest BCUT2D eigenvalue weighted by Gasteiger charge is 2.02. The van der Waals surface area contributed by atoms with Crippen molar-refractivity contribution < 1.29 is 0 Å². The quantitative estimate of drug-likeness (QED) is 0.588. The van der Waals surface area contributed by atoms with Gasteiger partial charge in [-0.1, -0.05) is 0 Å². The van der Waals surface area contributed by atoms with Gasteiger partial charge in [0.25, 0.3) is 0 Å². The van der Waals surface area contributed by atoms with Crippen molar-refractivity contribution in [3.8, 4) is 0 Å². The highest BCUT2D eigenvalue weighted by molar-refractivity contribution is 5.52. The molecule has 0 bridgehead atoms. The summed E-state index contributed by atoms with van der Waals surface area (Å²) in [6, 6.07) is 4.10. The van der Waals surface area contributed by atoms with Crippen LogP contribution in [0.15, 0.2) is 12.1 Å². The van der Waals surface area contributed by atoms with Gasteiger partial charge in [-0.15, -0.1) is 0 Å². The highest BCUT2D eigenvalue weighted by atomic mass is 15.3. The Morgan fingerprint density at radius 3 is 2.67 bits per heavy atom. The van der Waals surface area contributed by atoms with Crippen molar-refractivity contribution in [3.05, 3.63) is 29.3 Å². The Balaban J connectivity index is 2.92. The minimum atomic E-state index is 0.819. The number of aromatic nitrogens is 3. The van der Waals surface area contributed by atoms with Crippen LogP contribution in [0.5, 0.6) is 0 Å². The maximum Gasteiger partial charge on any atom is 0.146 e. The van der Waals surface area contributed by atoms with Gasteiger partial charge in [0, 0.05) is 5.69 Å². The van der Waals surface area contributed by atoms with Crippen LogP contribution in [-0.4, -0.2) is 14.6 Å². The third-order valence-corrected chi connectivity index (χ3v) is 1.99. The SMILES string of the molecule is Cc1nc(C)c2ccc(C)n2n1. The molecule has 0 amide bonds. The van der Waals surface area contributed by atoms with E-state index in [0.29, 0.717) is 0 Å². The predicted octanol–water partition coefficient (Wildman–Crippen LogP) is 1.65. The Morgan fingerprint density at radius 2 is 1.92 bits per heavy atom. The molecule has 0 saturated carbocycles. The molecular formula is C9H11N3. The van der Waals surface area contributed by atoms with E-state index < -0.39 is 0 Å². The molecule has 0 spiro atoms. The Morgan fingerprint density at radius 1 is 1.17 bits per heavy atom. The topological polar surface area (TPSA) is 30.2 Å². The molecule has 0 fully saturated rings. The Bertz CT molecular complexity index is 429. The Labute approximate surface area is 71.1 Å². The standard InChI is InChI=1S/C9H11N3/c1-6-4-5-9-7(2)10-8(3)11-12(6)9/h4-5H,1-3H3. The van der Waals surface area contributed by atoms with Crippen LogP contribution in [0.4, 0.5) is 0 Å². The predicted molar refractivity (Wildman–Crippen MR) is 47.2 cm³/mol. The normalized spacial score (nSPS) is 10.9. The molecule has 2 heterocycles. The van der Waals surface area contributed by atoms with Crippen molar-refractivity contribution in [2.75, 3.05) is 0 Å². The van der Waals surface area contributed by atoms with Crippen LogP contribution >= 0.6 is 0 Å². The molecule has 2 rings (SSSR count). The lowest BCUT2D eigenvalue weighted by Gasteiger charge is -2.00. The van der Waals surface area contributed by atoms with E-state index in [1.165, 1.54) is 0 Å². The molecule has 0 aliphatic rings. The van der Waals surface area contributed by atoms with Crippen LogP contribution < -0.4 is 0 Å². The lowest BCUT2D eigenvalue weighted by molar-refractivity contribution is 0.819. The summed E-state index contributed by atoms with van der Waals surface area (Å²) in [5, 5.41) is 4.30. The average Bonchev–Trinajstić information content (AvgIpc) is 2.33. The number of hydrogen-bond acceptors (Lipinski definition) is 2. The second-order valence-corrected chi connectivity index (χ2v) is 3.02. The van der Waals surface area contributed by atoms with E-state index in [4.69, 9.17) is 0 Å². The average molecular weight is 161 g/mol. The van der Waals surface area contributed by atoms with E-state index in [0.717, 1.165) is 22.7 Å². The van der Waals surface area contributed by atoms with E-state index in [1.54, 1.807) is 0 Å². The van der Waals surface area contributed by atoms with E-state index in [9.17, 15) is 0 Å². The molecule has 0 radical (unpaired) electrons. The molecule has 3 nitrogen and oxygen atoms in total. The van der Waals surface area contributed by atoms with Gasteiger partial charge in [-0.2, -0.15) is 5.10 Å². The largest absolute Gasteiger partial charge is 0.235 e. The van der Waals surface area contributed by atoms with E-state index in [1.807, 2.05) is 31.4 Å². The van der Waals surface area contributed by atoms with Gasteiger partial charge in [-0.05, 0) is 32.9 Å². The van der Waals surface area contributed by atoms with Gasteiger partial charge < -0.3 is 0 Å². The summed E-state index contributed by atoms with van der Waals surface area (Å²) in [6.07, 6.45) is 0. The second-order valence-electron chi connectivity index (χ2n) is 3.02. The maximum absolute atomic E-state index is 4.30. The summed E-state index contributed by atoms with van der Waals surface area (Å²) < 4.78 is 1.93. The zero-order chi connectivity index (χ0) is 8.72. The third-order valence-electron chi connectivity index (χ3n) is 1.99. The van der Waals surface area contributed by atoms with E-state index in [2.05, 4.69) is 16.1 Å². The van der Waals surface area contributed by atoms with Crippen molar-refractivity contribution in [2.45, 2.75) is 20.8 Å². The monoisotopic (exact) mass is 161 g/mol. The smallest absolute Gasteiger partial charge is 0.146 e. The van der Waals surface area contributed by atoms with Gasteiger partial charge in [-0.3, -0.25) is 0 Å². The lowest BCUT2D eigenvalue weighted by atomic mass is 10.4. The first kappa shape index (κ1) is 7.28. The molecule has 0 aliphatic heterocycles. The van der Waals surface area contributed by atoms with Crippen molar-refractivity contribution in [1.29, 1.82) is 0 Å². The molecule has 0 N–H and O–H groups in total. The van der Waals surface area contributed by atoms with Crippen molar-refractivity contribution in [3.63, 3.8) is 0 Å². The molecule has 12 heavy (non-hydrogen) atoms. The number of fused-ring (bicyclic) bond motifs is 1. The third kappa shape index (κ3) is 0.897. The van der Waals surface area contributed by atoms with Gasteiger partial charge in [0.15, 0.2) is 0 Å². The summed E-state index contributed by atoms with van der Waals surface area (Å²) in [4.78, 5) is 4.28. The first-order valence-corrected chi connectivity index (χ1v) is 3.98. The fourth-order valence-electron chi connectivity index (χ4n) is 1.40. The summed E-state index contributed by atoms with van der Waals surface area (Å²) in [6.45, 7) is 5.95. The molecular weight excluding hydrogens is 150 g/mol. The molecule has 2 aromatic heterocycles. The molecule has 0 aromatic carbocycles. The minimum Gasteiger partial charge on any atom is -0.235 e. The summed E-state index contributed by atoms with van der Waals surface area (Å²) in [7, 11) is 0. The minimum absolute atomic E-state index is 0.819. The number of hydrogen-bond donors (Lipinski definition) is 0. The molecule has 62 valence electrons. The number of rotatable bonds is 0. The Kier molecular flexibility index (Phi) is 1.40. The molecule has 0 aliphatic carbocycles. The zero-order valence-electron chi connectivity index (χ0n) is 7.50. The zero-order valence-corrected chi connectivity index (χ0v) is 7.50. The van der Waals surface area contributed by atoms with Gasteiger partial charge in [0.05, 0.1) is 11.2 Å². The van der Waals surface area contributed by atoms with E-state index in [-0.39, 0.29) is 0 Å². The van der Waals surface area contributed by atoms with Crippen molar-refractivity contribution >= 4 is 5.52 Å². The fourth-order valence-corrected chi connectivity index (χ4v) is 1.40. The molecule has 2 aromatic rings. The molecule has 0 atom stereocenters. The van der Waals surface area contributed by atoms with Crippen molar-refractivity contribution in [1.82, 2.24) is 14.6 Å². The summed E-state index contributed by atoms with van der Waals surface area (Å²) in [5.41, 5.74) is 3.28. The molecule has 0 unspecified atom stereocenters. The van der Waals surface area contributed by atoms with Crippen LogP contribution in [0.1, 0.15) is 17.2 Å². The lowest BCUT2D eigenvalue weighted by Crippen LogP contribution is -2.01. The number of aryl methyl sites for hydroxylation is 3. The van der Waals surface area contributed by atoms with E-state index >= 15 is 0 Å². The second kappa shape index (κ2) is 2.30. The maximum atomic E-state index is 4.30.